The fourth-order valence-corrected chi connectivity index (χ4v) is 3.51. The Morgan fingerprint density at radius 3 is 2.75 bits per heavy atom. The first-order chi connectivity index (χ1) is 9.75. The van der Waals surface area contributed by atoms with Gasteiger partial charge in [-0.15, -0.1) is 11.8 Å². The zero-order valence-corrected chi connectivity index (χ0v) is 11.6. The summed E-state index contributed by atoms with van der Waals surface area (Å²) >= 11 is 1.52. The minimum atomic E-state index is -0.203. The van der Waals surface area contributed by atoms with Gasteiger partial charge in [0, 0.05) is 16.2 Å². The van der Waals surface area contributed by atoms with E-state index < -0.39 is 0 Å². The summed E-state index contributed by atoms with van der Waals surface area (Å²) in [5.74, 6) is 0.497. The van der Waals surface area contributed by atoms with Crippen molar-refractivity contribution < 1.29 is 9.18 Å². The van der Waals surface area contributed by atoms with Crippen molar-refractivity contribution in [1.82, 2.24) is 5.32 Å². The van der Waals surface area contributed by atoms with Crippen LogP contribution in [0.25, 0.3) is 0 Å². The normalized spacial score (nSPS) is 17.4. The van der Waals surface area contributed by atoms with E-state index in [2.05, 4.69) is 5.32 Å². The summed E-state index contributed by atoms with van der Waals surface area (Å²) < 4.78 is 13.8. The zero-order valence-electron chi connectivity index (χ0n) is 10.8. The fourth-order valence-electron chi connectivity index (χ4n) is 2.37. The Kier molecular flexibility index (Phi) is 3.74. The number of hydrogen-bond acceptors (Lipinski definition) is 2. The highest BCUT2D eigenvalue weighted by Crippen LogP contribution is 2.37. The molecule has 1 amide bonds. The second kappa shape index (κ2) is 5.67. The van der Waals surface area contributed by atoms with Crippen molar-refractivity contribution in [3.8, 4) is 0 Å². The molecular formula is C16H14FNOS. The van der Waals surface area contributed by atoms with Crippen molar-refractivity contribution in [1.29, 1.82) is 0 Å². The van der Waals surface area contributed by atoms with E-state index in [-0.39, 0.29) is 17.8 Å². The number of thioether (sulfide) groups is 1. The summed E-state index contributed by atoms with van der Waals surface area (Å²) in [7, 11) is 0. The van der Waals surface area contributed by atoms with Gasteiger partial charge in [-0.2, -0.15) is 0 Å². The molecule has 0 unspecified atom stereocenters. The van der Waals surface area contributed by atoms with Crippen LogP contribution in [-0.4, -0.2) is 11.7 Å². The first-order valence-electron chi connectivity index (χ1n) is 6.53. The number of amides is 1. The monoisotopic (exact) mass is 287 g/mol. The molecule has 2 aromatic carbocycles. The van der Waals surface area contributed by atoms with Crippen molar-refractivity contribution in [2.45, 2.75) is 17.4 Å². The van der Waals surface area contributed by atoms with Gasteiger partial charge in [-0.3, -0.25) is 4.79 Å². The molecule has 1 aliphatic heterocycles. The van der Waals surface area contributed by atoms with Crippen LogP contribution in [0.2, 0.25) is 0 Å². The third-order valence-electron chi connectivity index (χ3n) is 3.37. The first-order valence-corrected chi connectivity index (χ1v) is 7.51. The molecule has 0 fully saturated rings. The number of halogens is 1. The first kappa shape index (κ1) is 13.2. The Balaban J connectivity index is 1.84. The molecule has 102 valence electrons. The van der Waals surface area contributed by atoms with Crippen LogP contribution in [-0.2, 0) is 0 Å². The van der Waals surface area contributed by atoms with Crippen LogP contribution in [0.3, 0.4) is 0 Å². The van der Waals surface area contributed by atoms with Crippen LogP contribution >= 0.6 is 11.8 Å². The lowest BCUT2D eigenvalue weighted by Crippen LogP contribution is -2.30. The molecule has 2 aromatic rings. The lowest BCUT2D eigenvalue weighted by Gasteiger charge is -2.26. The van der Waals surface area contributed by atoms with E-state index in [1.54, 1.807) is 18.2 Å². The van der Waals surface area contributed by atoms with Gasteiger partial charge in [-0.1, -0.05) is 30.3 Å². The Morgan fingerprint density at radius 2 is 1.95 bits per heavy atom. The molecule has 0 radical (unpaired) electrons. The topological polar surface area (TPSA) is 29.1 Å². The number of hydrogen-bond donors (Lipinski definition) is 1. The lowest BCUT2D eigenvalue weighted by molar-refractivity contribution is 0.0935. The van der Waals surface area contributed by atoms with Crippen LogP contribution in [0, 0.1) is 5.82 Å². The lowest BCUT2D eigenvalue weighted by atomic mass is 10.0. The Hall–Kier alpha value is -1.81. The van der Waals surface area contributed by atoms with Crippen molar-refractivity contribution in [2.24, 2.45) is 0 Å². The van der Waals surface area contributed by atoms with E-state index in [1.165, 1.54) is 17.8 Å². The van der Waals surface area contributed by atoms with Crippen molar-refractivity contribution in [3.05, 3.63) is 65.5 Å². The second-order valence-corrected chi connectivity index (χ2v) is 5.79. The summed E-state index contributed by atoms with van der Waals surface area (Å²) in [4.78, 5) is 12.9. The molecule has 0 bridgehead atoms. The van der Waals surface area contributed by atoms with Gasteiger partial charge >= 0.3 is 0 Å². The van der Waals surface area contributed by atoms with Gasteiger partial charge in [0.15, 0.2) is 0 Å². The smallest absolute Gasteiger partial charge is 0.251 e. The SMILES string of the molecule is O=C(N[C@H]1CCSc2c(F)cccc21)c1ccccc1. The zero-order chi connectivity index (χ0) is 13.9. The van der Waals surface area contributed by atoms with Gasteiger partial charge in [0.25, 0.3) is 5.91 Å². The highest BCUT2D eigenvalue weighted by atomic mass is 32.2. The molecule has 2 nitrogen and oxygen atoms in total. The molecule has 1 atom stereocenters. The number of carbonyl (C=O) groups excluding carboxylic acids is 1. The number of carbonyl (C=O) groups is 1. The predicted molar refractivity (Wildman–Crippen MR) is 78.4 cm³/mol. The van der Waals surface area contributed by atoms with E-state index >= 15 is 0 Å². The summed E-state index contributed by atoms with van der Waals surface area (Å²) in [6.45, 7) is 0. The van der Waals surface area contributed by atoms with E-state index in [0.717, 1.165) is 17.7 Å². The van der Waals surface area contributed by atoms with Crippen molar-refractivity contribution >= 4 is 17.7 Å². The number of benzene rings is 2. The van der Waals surface area contributed by atoms with Gasteiger partial charge in [-0.25, -0.2) is 4.39 Å². The standard InChI is InChI=1S/C16H14FNOS/c17-13-8-4-7-12-14(9-10-20-15(12)13)18-16(19)11-5-2-1-3-6-11/h1-8,14H,9-10H2,(H,18,19)/t14-/m0/s1. The number of fused-ring (bicyclic) bond motifs is 1. The molecule has 1 aliphatic rings. The number of rotatable bonds is 2. The van der Waals surface area contributed by atoms with Gasteiger partial charge < -0.3 is 5.32 Å². The summed E-state index contributed by atoms with van der Waals surface area (Å²) in [6.07, 6.45) is 0.819. The third-order valence-corrected chi connectivity index (χ3v) is 4.53. The summed E-state index contributed by atoms with van der Waals surface area (Å²) in [5.41, 5.74) is 1.51. The minimum absolute atomic E-state index is 0.113. The average molecular weight is 287 g/mol. The Labute approximate surface area is 121 Å². The second-order valence-electron chi connectivity index (χ2n) is 4.69. The van der Waals surface area contributed by atoms with Crippen LogP contribution in [0.5, 0.6) is 0 Å². The summed E-state index contributed by atoms with van der Waals surface area (Å²) in [6, 6.07) is 14.0. The molecule has 4 heteroatoms. The maximum Gasteiger partial charge on any atom is 0.251 e. The molecule has 0 saturated heterocycles. The summed E-state index contributed by atoms with van der Waals surface area (Å²) in [5, 5.41) is 3.00. The molecule has 1 heterocycles. The van der Waals surface area contributed by atoms with Crippen LogP contribution < -0.4 is 5.32 Å². The molecule has 3 rings (SSSR count). The highest BCUT2D eigenvalue weighted by Gasteiger charge is 2.24. The van der Waals surface area contributed by atoms with E-state index in [4.69, 9.17) is 0 Å². The molecule has 0 aromatic heterocycles. The van der Waals surface area contributed by atoms with Crippen molar-refractivity contribution in [3.63, 3.8) is 0 Å². The molecule has 0 saturated carbocycles. The Bertz CT molecular complexity index is 630. The van der Waals surface area contributed by atoms with E-state index in [9.17, 15) is 9.18 Å². The Morgan fingerprint density at radius 1 is 1.15 bits per heavy atom. The largest absolute Gasteiger partial charge is 0.345 e. The molecule has 0 spiro atoms. The van der Waals surface area contributed by atoms with Gasteiger partial charge in [0.05, 0.1) is 6.04 Å². The van der Waals surface area contributed by atoms with Gasteiger partial charge in [0.1, 0.15) is 5.82 Å². The highest BCUT2D eigenvalue weighted by molar-refractivity contribution is 7.99. The average Bonchev–Trinajstić information content (AvgIpc) is 2.49. The van der Waals surface area contributed by atoms with Crippen LogP contribution in [0.4, 0.5) is 4.39 Å². The van der Waals surface area contributed by atoms with Gasteiger partial charge in [0.2, 0.25) is 0 Å². The molecule has 1 N–H and O–H groups in total. The molecule has 20 heavy (non-hydrogen) atoms. The fraction of sp³-hybridized carbons (Fsp3) is 0.188. The maximum atomic E-state index is 13.8. The van der Waals surface area contributed by atoms with Crippen molar-refractivity contribution in [2.75, 3.05) is 5.75 Å². The van der Waals surface area contributed by atoms with E-state index in [1.807, 2.05) is 24.3 Å². The molecular weight excluding hydrogens is 273 g/mol. The van der Waals surface area contributed by atoms with Crippen LogP contribution in [0.15, 0.2) is 53.4 Å². The number of nitrogens with one attached hydrogen (secondary N) is 1. The van der Waals surface area contributed by atoms with Gasteiger partial charge in [-0.05, 0) is 30.2 Å². The predicted octanol–water partition coefficient (Wildman–Crippen LogP) is 3.79. The van der Waals surface area contributed by atoms with E-state index in [0.29, 0.717) is 10.5 Å². The quantitative estimate of drug-likeness (QED) is 0.910. The maximum absolute atomic E-state index is 13.8. The van der Waals surface area contributed by atoms with Crippen LogP contribution in [0.1, 0.15) is 28.4 Å². The third kappa shape index (κ3) is 2.56. The molecule has 0 aliphatic carbocycles. The minimum Gasteiger partial charge on any atom is -0.345 e.